The lowest BCUT2D eigenvalue weighted by atomic mass is 10.0. The predicted octanol–water partition coefficient (Wildman–Crippen LogP) is 6.07. The van der Waals surface area contributed by atoms with Gasteiger partial charge in [-0.15, -0.1) is 0 Å². The molecule has 37 heavy (non-hydrogen) atoms. The SMILES string of the molecule is CCS(=O)(=O)c1ccc2oc(-c3c[nH]nc3-c3ccc(NC(=O)C(C)c4ccc(Cl)cc4)cc3)nc2c1. The first kappa shape index (κ1) is 24.7. The van der Waals surface area contributed by atoms with Crippen LogP contribution in [0.15, 0.2) is 82.2 Å². The van der Waals surface area contributed by atoms with Gasteiger partial charge in [0.1, 0.15) is 11.2 Å². The van der Waals surface area contributed by atoms with E-state index in [1.807, 2.05) is 31.2 Å². The van der Waals surface area contributed by atoms with E-state index >= 15 is 0 Å². The van der Waals surface area contributed by atoms with Crippen LogP contribution in [0, 0.1) is 0 Å². The molecule has 2 heterocycles. The van der Waals surface area contributed by atoms with E-state index in [0.29, 0.717) is 39.0 Å². The Bertz CT molecular complexity index is 1690. The van der Waals surface area contributed by atoms with Gasteiger partial charge in [-0.25, -0.2) is 13.4 Å². The number of hydrogen-bond acceptors (Lipinski definition) is 6. The maximum atomic E-state index is 12.7. The number of anilines is 1. The number of benzene rings is 3. The molecule has 5 rings (SSSR count). The van der Waals surface area contributed by atoms with Gasteiger partial charge in [-0.05, 0) is 55.0 Å². The van der Waals surface area contributed by atoms with Crippen molar-refractivity contribution < 1.29 is 17.6 Å². The van der Waals surface area contributed by atoms with E-state index in [1.165, 1.54) is 12.1 Å². The van der Waals surface area contributed by atoms with Gasteiger partial charge in [-0.1, -0.05) is 42.8 Å². The first-order valence-electron chi connectivity index (χ1n) is 11.6. The standard InChI is InChI=1S/C27H23ClN4O4S/c1-3-37(34,35)21-12-13-24-23(14-21)31-27(36-24)22-15-29-32-25(22)18-6-10-20(11-7-18)30-26(33)16(2)17-4-8-19(28)9-5-17/h4-16H,3H2,1-2H3,(H,29,32)(H,30,33). The number of amides is 1. The molecule has 10 heteroatoms. The Morgan fingerprint density at radius 1 is 1.08 bits per heavy atom. The van der Waals surface area contributed by atoms with Crippen molar-refractivity contribution >= 4 is 44.1 Å². The van der Waals surface area contributed by atoms with Crippen molar-refractivity contribution in [1.29, 1.82) is 0 Å². The highest BCUT2D eigenvalue weighted by Gasteiger charge is 2.19. The van der Waals surface area contributed by atoms with Crippen LogP contribution in [0.1, 0.15) is 25.3 Å². The number of rotatable bonds is 7. The summed E-state index contributed by atoms with van der Waals surface area (Å²) in [4.78, 5) is 17.4. The quantitative estimate of drug-likeness (QED) is 0.261. The van der Waals surface area contributed by atoms with Gasteiger partial charge in [0.15, 0.2) is 15.4 Å². The highest BCUT2D eigenvalue weighted by molar-refractivity contribution is 7.91. The number of aromatic nitrogens is 3. The lowest BCUT2D eigenvalue weighted by Gasteiger charge is -2.13. The molecule has 1 amide bonds. The number of hydrogen-bond donors (Lipinski definition) is 2. The Kier molecular flexibility index (Phi) is 6.57. The number of halogens is 1. The molecule has 0 aliphatic heterocycles. The van der Waals surface area contributed by atoms with Crippen LogP contribution in [-0.4, -0.2) is 35.3 Å². The molecule has 8 nitrogen and oxygen atoms in total. The molecule has 3 aromatic carbocycles. The van der Waals surface area contributed by atoms with E-state index in [2.05, 4.69) is 20.5 Å². The van der Waals surface area contributed by atoms with E-state index in [9.17, 15) is 13.2 Å². The summed E-state index contributed by atoms with van der Waals surface area (Å²) in [6.07, 6.45) is 1.67. The van der Waals surface area contributed by atoms with Gasteiger partial charge in [0, 0.05) is 22.5 Å². The monoisotopic (exact) mass is 534 g/mol. The van der Waals surface area contributed by atoms with Gasteiger partial charge in [-0.3, -0.25) is 9.89 Å². The molecule has 0 aliphatic carbocycles. The molecule has 0 saturated carbocycles. The van der Waals surface area contributed by atoms with Gasteiger partial charge < -0.3 is 9.73 Å². The van der Waals surface area contributed by atoms with Crippen LogP contribution >= 0.6 is 11.6 Å². The number of nitrogens with one attached hydrogen (secondary N) is 2. The molecule has 5 aromatic rings. The van der Waals surface area contributed by atoms with Crippen LogP contribution in [0.5, 0.6) is 0 Å². The molecule has 0 fully saturated rings. The zero-order valence-corrected chi connectivity index (χ0v) is 21.6. The molecule has 0 spiro atoms. The Balaban J connectivity index is 1.37. The Morgan fingerprint density at radius 3 is 2.51 bits per heavy atom. The van der Waals surface area contributed by atoms with Crippen molar-refractivity contribution in [2.24, 2.45) is 0 Å². The van der Waals surface area contributed by atoms with E-state index in [1.54, 1.807) is 43.5 Å². The number of H-pyrrole nitrogens is 1. The molecule has 1 unspecified atom stereocenters. The number of sulfone groups is 1. The summed E-state index contributed by atoms with van der Waals surface area (Å²) in [5.74, 6) is -0.154. The van der Waals surface area contributed by atoms with E-state index in [0.717, 1.165) is 11.1 Å². The summed E-state index contributed by atoms with van der Waals surface area (Å²) < 4.78 is 30.4. The molecule has 2 N–H and O–H groups in total. The van der Waals surface area contributed by atoms with Crippen molar-refractivity contribution in [2.75, 3.05) is 11.1 Å². The van der Waals surface area contributed by atoms with Crippen LogP contribution in [0.3, 0.4) is 0 Å². The average Bonchev–Trinajstić information content (AvgIpc) is 3.56. The molecule has 1 atom stereocenters. The van der Waals surface area contributed by atoms with Gasteiger partial charge in [0.25, 0.3) is 0 Å². The second kappa shape index (κ2) is 9.84. The summed E-state index contributed by atoms with van der Waals surface area (Å²) in [7, 11) is -3.36. The molecular weight excluding hydrogens is 512 g/mol. The van der Waals surface area contributed by atoms with Crippen LogP contribution in [-0.2, 0) is 14.6 Å². The summed E-state index contributed by atoms with van der Waals surface area (Å²) >= 11 is 5.94. The lowest BCUT2D eigenvalue weighted by molar-refractivity contribution is -0.117. The summed E-state index contributed by atoms with van der Waals surface area (Å²) in [6.45, 7) is 3.44. The largest absolute Gasteiger partial charge is 0.436 e. The summed E-state index contributed by atoms with van der Waals surface area (Å²) in [6, 6.07) is 19.1. The van der Waals surface area contributed by atoms with E-state index in [4.69, 9.17) is 16.0 Å². The third kappa shape index (κ3) is 5.00. The third-order valence-corrected chi connectivity index (χ3v) is 8.14. The van der Waals surface area contributed by atoms with Crippen LogP contribution in [0.4, 0.5) is 5.69 Å². The second-order valence-electron chi connectivity index (χ2n) is 8.54. The Hall–Kier alpha value is -3.95. The average molecular weight is 535 g/mol. The Labute approximate surface area is 218 Å². The lowest BCUT2D eigenvalue weighted by Crippen LogP contribution is -2.18. The highest BCUT2D eigenvalue weighted by Crippen LogP contribution is 2.33. The van der Waals surface area contributed by atoms with Crippen molar-refractivity contribution in [3.63, 3.8) is 0 Å². The van der Waals surface area contributed by atoms with Gasteiger partial charge in [0.2, 0.25) is 11.8 Å². The van der Waals surface area contributed by atoms with E-state index in [-0.39, 0.29) is 22.5 Å². The van der Waals surface area contributed by atoms with Gasteiger partial charge >= 0.3 is 0 Å². The number of carbonyl (C=O) groups is 1. The predicted molar refractivity (Wildman–Crippen MR) is 143 cm³/mol. The van der Waals surface area contributed by atoms with Gasteiger partial charge in [-0.2, -0.15) is 5.10 Å². The van der Waals surface area contributed by atoms with Crippen molar-refractivity contribution in [2.45, 2.75) is 24.7 Å². The first-order valence-corrected chi connectivity index (χ1v) is 13.6. The third-order valence-electron chi connectivity index (χ3n) is 6.16. The van der Waals surface area contributed by atoms with Crippen molar-refractivity contribution in [3.8, 4) is 22.7 Å². The number of nitrogens with zero attached hydrogens (tertiary/aromatic N) is 2. The fourth-order valence-corrected chi connectivity index (χ4v) is 4.95. The maximum absolute atomic E-state index is 12.7. The minimum atomic E-state index is -3.36. The minimum Gasteiger partial charge on any atom is -0.436 e. The van der Waals surface area contributed by atoms with Gasteiger partial charge in [0.05, 0.1) is 22.1 Å². The highest BCUT2D eigenvalue weighted by atomic mass is 35.5. The van der Waals surface area contributed by atoms with Crippen molar-refractivity contribution in [1.82, 2.24) is 15.2 Å². The number of oxazole rings is 1. The van der Waals surface area contributed by atoms with E-state index < -0.39 is 9.84 Å². The first-order chi connectivity index (χ1) is 17.7. The zero-order valence-electron chi connectivity index (χ0n) is 20.0. The van der Waals surface area contributed by atoms with Crippen LogP contribution < -0.4 is 5.32 Å². The normalized spacial score (nSPS) is 12.5. The van der Waals surface area contributed by atoms with Crippen LogP contribution in [0.2, 0.25) is 5.02 Å². The molecular formula is C27H23ClN4O4S. The van der Waals surface area contributed by atoms with Crippen molar-refractivity contribution in [3.05, 3.63) is 83.5 Å². The topological polar surface area (TPSA) is 118 Å². The molecule has 0 radical (unpaired) electrons. The fourth-order valence-electron chi connectivity index (χ4n) is 3.92. The Morgan fingerprint density at radius 2 is 1.81 bits per heavy atom. The summed E-state index contributed by atoms with van der Waals surface area (Å²) in [5.41, 5.74) is 4.48. The number of fused-ring (bicyclic) bond motifs is 1. The van der Waals surface area contributed by atoms with Crippen LogP contribution in [0.25, 0.3) is 33.8 Å². The molecule has 0 saturated heterocycles. The number of carbonyl (C=O) groups excluding carboxylic acids is 1. The molecule has 188 valence electrons. The fraction of sp³-hybridized carbons (Fsp3) is 0.148. The summed E-state index contributed by atoms with van der Waals surface area (Å²) in [5, 5.41) is 10.7. The zero-order chi connectivity index (χ0) is 26.2. The second-order valence-corrected chi connectivity index (χ2v) is 11.3. The smallest absolute Gasteiger partial charge is 0.231 e. The minimum absolute atomic E-state index is 0.00554. The molecule has 0 bridgehead atoms. The number of aromatic amines is 1. The molecule has 2 aromatic heterocycles. The molecule has 0 aliphatic rings. The maximum Gasteiger partial charge on any atom is 0.231 e.